The molecule has 160 valence electrons. The molecule has 1 aromatic carbocycles. The van der Waals surface area contributed by atoms with Gasteiger partial charge in [-0.2, -0.15) is 13.2 Å². The standard InChI is InChI=1S/C21H20F4N2O3/c1-18(2)10-19(28,21(23,24)25)20(29,12-4-5-13(22)17(30-3)16(12)18)15-8-11-9-26-7-6-14(11)27-15/h4-9,27-29H,10H2,1-3H3. The molecule has 2 atom stereocenters. The van der Waals surface area contributed by atoms with Gasteiger partial charge in [0.1, 0.15) is 0 Å². The van der Waals surface area contributed by atoms with Crippen LogP contribution in [-0.4, -0.2) is 39.1 Å². The fraction of sp³-hybridized carbons (Fsp3) is 0.381. The van der Waals surface area contributed by atoms with E-state index in [1.165, 1.54) is 45.5 Å². The largest absolute Gasteiger partial charge is 0.493 e. The van der Waals surface area contributed by atoms with Crippen LogP contribution in [0.4, 0.5) is 17.6 Å². The first-order chi connectivity index (χ1) is 13.9. The van der Waals surface area contributed by atoms with Crippen molar-refractivity contribution >= 4 is 10.9 Å². The van der Waals surface area contributed by atoms with E-state index in [0.29, 0.717) is 10.9 Å². The van der Waals surface area contributed by atoms with Gasteiger partial charge in [-0.1, -0.05) is 19.9 Å². The first-order valence-electron chi connectivity index (χ1n) is 9.19. The number of ether oxygens (including phenoxy) is 1. The van der Waals surface area contributed by atoms with Gasteiger partial charge in [0.2, 0.25) is 0 Å². The highest BCUT2D eigenvalue weighted by Gasteiger charge is 2.72. The van der Waals surface area contributed by atoms with E-state index < -0.39 is 35.0 Å². The molecule has 3 aromatic rings. The van der Waals surface area contributed by atoms with Crippen LogP contribution in [0.1, 0.15) is 37.1 Å². The molecule has 2 heterocycles. The molecule has 5 nitrogen and oxygen atoms in total. The van der Waals surface area contributed by atoms with Gasteiger partial charge < -0.3 is 19.9 Å². The Labute approximate surface area is 169 Å². The van der Waals surface area contributed by atoms with Crippen molar-refractivity contribution in [3.05, 3.63) is 59.3 Å². The lowest BCUT2D eigenvalue weighted by Gasteiger charge is -2.53. The van der Waals surface area contributed by atoms with E-state index in [1.54, 1.807) is 0 Å². The Morgan fingerprint density at radius 2 is 1.87 bits per heavy atom. The number of aliphatic hydroxyl groups is 2. The van der Waals surface area contributed by atoms with Gasteiger partial charge in [-0.25, -0.2) is 4.39 Å². The molecule has 1 aliphatic carbocycles. The molecular weight excluding hydrogens is 404 g/mol. The number of nitrogens with zero attached hydrogens (tertiary/aromatic N) is 1. The number of hydrogen-bond acceptors (Lipinski definition) is 4. The summed E-state index contributed by atoms with van der Waals surface area (Å²) in [6, 6.07) is 4.82. The molecule has 2 aromatic heterocycles. The van der Waals surface area contributed by atoms with Crippen molar-refractivity contribution < 1.29 is 32.5 Å². The number of hydrogen-bond donors (Lipinski definition) is 3. The Morgan fingerprint density at radius 1 is 1.17 bits per heavy atom. The van der Waals surface area contributed by atoms with Crippen LogP contribution >= 0.6 is 0 Å². The van der Waals surface area contributed by atoms with E-state index in [0.717, 1.165) is 12.1 Å². The predicted octanol–water partition coefficient (Wildman–Crippen LogP) is 3.92. The number of alkyl halides is 3. The number of rotatable bonds is 2. The van der Waals surface area contributed by atoms with Crippen molar-refractivity contribution in [2.24, 2.45) is 0 Å². The highest BCUT2D eigenvalue weighted by Crippen LogP contribution is 2.60. The van der Waals surface area contributed by atoms with Crippen LogP contribution in [0.5, 0.6) is 5.75 Å². The number of halogens is 4. The average Bonchev–Trinajstić information content (AvgIpc) is 3.09. The highest BCUT2D eigenvalue weighted by atomic mass is 19.4. The Kier molecular flexibility index (Phi) is 4.25. The first-order valence-corrected chi connectivity index (χ1v) is 9.19. The van der Waals surface area contributed by atoms with Crippen LogP contribution < -0.4 is 4.74 Å². The second-order valence-electron chi connectivity index (χ2n) is 8.28. The maximum Gasteiger partial charge on any atom is 0.420 e. The number of aromatic amines is 1. The summed E-state index contributed by atoms with van der Waals surface area (Å²) in [6.45, 7) is 2.89. The van der Waals surface area contributed by atoms with Crippen LogP contribution in [0.3, 0.4) is 0 Å². The monoisotopic (exact) mass is 424 g/mol. The molecule has 2 unspecified atom stereocenters. The van der Waals surface area contributed by atoms with Gasteiger partial charge in [0.15, 0.2) is 22.8 Å². The lowest BCUT2D eigenvalue weighted by atomic mass is 9.57. The lowest BCUT2D eigenvalue weighted by molar-refractivity contribution is -0.324. The van der Waals surface area contributed by atoms with Crippen molar-refractivity contribution in [1.82, 2.24) is 9.97 Å². The molecule has 0 spiro atoms. The number of aromatic nitrogens is 2. The normalized spacial score (nSPS) is 25.9. The molecule has 4 rings (SSSR count). The number of benzene rings is 1. The lowest BCUT2D eigenvalue weighted by Crippen LogP contribution is -2.66. The molecule has 30 heavy (non-hydrogen) atoms. The summed E-state index contributed by atoms with van der Waals surface area (Å²) in [4.78, 5) is 6.70. The SMILES string of the molecule is COc1c(F)ccc2c1C(C)(C)CC(O)(C(F)(F)F)C2(O)c1cc2cnccc2[nH]1. The van der Waals surface area contributed by atoms with E-state index in [4.69, 9.17) is 4.74 Å². The summed E-state index contributed by atoms with van der Waals surface area (Å²) < 4.78 is 62.6. The smallest absolute Gasteiger partial charge is 0.420 e. The van der Waals surface area contributed by atoms with E-state index >= 15 is 0 Å². The predicted molar refractivity (Wildman–Crippen MR) is 101 cm³/mol. The second-order valence-corrected chi connectivity index (χ2v) is 8.28. The van der Waals surface area contributed by atoms with Gasteiger partial charge in [-0.15, -0.1) is 0 Å². The van der Waals surface area contributed by atoms with Crippen LogP contribution in [0.25, 0.3) is 10.9 Å². The molecule has 1 aliphatic rings. The Balaban J connectivity index is 2.15. The molecule has 0 saturated heterocycles. The van der Waals surface area contributed by atoms with Crippen molar-refractivity contribution in [3.63, 3.8) is 0 Å². The van der Waals surface area contributed by atoms with Crippen LogP contribution in [0.15, 0.2) is 36.7 Å². The molecule has 0 bridgehead atoms. The second kappa shape index (κ2) is 6.18. The molecule has 0 fully saturated rings. The molecule has 0 amide bonds. The van der Waals surface area contributed by atoms with Crippen molar-refractivity contribution in [3.8, 4) is 5.75 Å². The average molecular weight is 424 g/mol. The van der Waals surface area contributed by atoms with Gasteiger partial charge in [0.25, 0.3) is 0 Å². The molecule has 0 aliphatic heterocycles. The minimum atomic E-state index is -5.20. The third-order valence-electron chi connectivity index (χ3n) is 5.96. The maximum atomic E-state index is 14.5. The number of methoxy groups -OCH3 is 1. The summed E-state index contributed by atoms with van der Waals surface area (Å²) in [5.41, 5.74) is -7.94. The third-order valence-corrected chi connectivity index (χ3v) is 5.96. The first kappa shape index (κ1) is 20.6. The Morgan fingerprint density at radius 3 is 2.47 bits per heavy atom. The minimum absolute atomic E-state index is 0.0678. The Bertz CT molecular complexity index is 1110. The molecule has 3 N–H and O–H groups in total. The van der Waals surface area contributed by atoms with Gasteiger partial charge in [-0.05, 0) is 30.0 Å². The quantitative estimate of drug-likeness (QED) is 0.545. The van der Waals surface area contributed by atoms with E-state index in [9.17, 15) is 27.8 Å². The number of H-pyrrole nitrogens is 1. The summed E-state index contributed by atoms with van der Waals surface area (Å²) in [6.07, 6.45) is -3.25. The van der Waals surface area contributed by atoms with Gasteiger partial charge in [-0.3, -0.25) is 4.98 Å². The highest BCUT2D eigenvalue weighted by molar-refractivity contribution is 5.80. The molecule has 0 radical (unpaired) electrons. The number of pyridine rings is 1. The fourth-order valence-corrected chi connectivity index (χ4v) is 4.65. The molecule has 9 heteroatoms. The van der Waals surface area contributed by atoms with E-state index in [2.05, 4.69) is 9.97 Å². The van der Waals surface area contributed by atoms with Crippen molar-refractivity contribution in [1.29, 1.82) is 0 Å². The molecular formula is C21H20F4N2O3. The zero-order chi connectivity index (χ0) is 22.1. The number of nitrogens with one attached hydrogen (secondary N) is 1. The zero-order valence-electron chi connectivity index (χ0n) is 16.4. The minimum Gasteiger partial charge on any atom is -0.493 e. The van der Waals surface area contributed by atoms with Gasteiger partial charge in [0, 0.05) is 34.4 Å². The Hall–Kier alpha value is -2.65. The summed E-state index contributed by atoms with van der Waals surface area (Å²) in [5.74, 6) is -1.04. The van der Waals surface area contributed by atoms with Crippen molar-refractivity contribution in [2.75, 3.05) is 7.11 Å². The zero-order valence-corrected chi connectivity index (χ0v) is 16.4. The van der Waals surface area contributed by atoms with E-state index in [1.807, 2.05) is 0 Å². The summed E-state index contributed by atoms with van der Waals surface area (Å²) in [5, 5.41) is 23.2. The van der Waals surface area contributed by atoms with Crippen LogP contribution in [-0.2, 0) is 11.0 Å². The molecule has 0 saturated carbocycles. The summed E-state index contributed by atoms with van der Waals surface area (Å²) in [7, 11) is 1.20. The number of fused-ring (bicyclic) bond motifs is 2. The fourth-order valence-electron chi connectivity index (χ4n) is 4.65. The third kappa shape index (κ3) is 2.51. The van der Waals surface area contributed by atoms with Crippen molar-refractivity contribution in [2.45, 2.75) is 43.1 Å². The topological polar surface area (TPSA) is 78.4 Å². The van der Waals surface area contributed by atoms with Crippen LogP contribution in [0, 0.1) is 5.82 Å². The summed E-state index contributed by atoms with van der Waals surface area (Å²) >= 11 is 0. The maximum absolute atomic E-state index is 14.5. The van der Waals surface area contributed by atoms with Gasteiger partial charge in [0.05, 0.1) is 12.8 Å². The van der Waals surface area contributed by atoms with E-state index in [-0.39, 0.29) is 22.6 Å². The van der Waals surface area contributed by atoms with Crippen LogP contribution in [0.2, 0.25) is 0 Å². The van der Waals surface area contributed by atoms with Gasteiger partial charge >= 0.3 is 6.18 Å².